The minimum atomic E-state index is 0.379. The normalized spacial score (nSPS) is 15.2. The molecule has 0 unspecified atom stereocenters. The average Bonchev–Trinajstić information content (AvgIpc) is 3.08. The van der Waals surface area contributed by atoms with E-state index in [1.165, 1.54) is 0 Å². The fourth-order valence-corrected chi connectivity index (χ4v) is 4.30. The first kappa shape index (κ1) is 19.1. The Morgan fingerprint density at radius 2 is 1.86 bits per heavy atom. The Bertz CT molecular complexity index is 1030. The number of benzene rings is 2. The number of nitrogens with two attached hydrogens (primary N) is 2. The van der Waals surface area contributed by atoms with Gasteiger partial charge in [0.1, 0.15) is 5.69 Å². The van der Waals surface area contributed by atoms with Crippen molar-refractivity contribution in [3.63, 3.8) is 0 Å². The van der Waals surface area contributed by atoms with Gasteiger partial charge >= 0.3 is 0 Å². The number of anilines is 1. The first-order valence-electron chi connectivity index (χ1n) is 8.82. The van der Waals surface area contributed by atoms with E-state index >= 15 is 0 Å². The van der Waals surface area contributed by atoms with Crippen LogP contribution in [0.1, 0.15) is 5.69 Å². The van der Waals surface area contributed by atoms with Gasteiger partial charge in [-0.05, 0) is 40.2 Å². The van der Waals surface area contributed by atoms with E-state index in [2.05, 4.69) is 35.9 Å². The molecule has 4 rings (SSSR count). The molecule has 0 aliphatic carbocycles. The predicted octanol–water partition coefficient (Wildman–Crippen LogP) is 2.97. The molecular weight excluding hydrogens is 444 g/mol. The van der Waals surface area contributed by atoms with E-state index in [1.54, 1.807) is 0 Å². The number of hydrogen-bond acceptors (Lipinski definition) is 5. The lowest BCUT2D eigenvalue weighted by Crippen LogP contribution is -2.39. The van der Waals surface area contributed by atoms with Crippen molar-refractivity contribution in [2.45, 2.75) is 0 Å². The van der Waals surface area contributed by atoms with Crippen molar-refractivity contribution in [2.24, 2.45) is 16.8 Å². The highest BCUT2D eigenvalue weighted by Gasteiger charge is 2.29. The van der Waals surface area contributed by atoms with E-state index in [1.807, 2.05) is 42.5 Å². The molecule has 3 aromatic rings. The summed E-state index contributed by atoms with van der Waals surface area (Å²) in [6.07, 6.45) is 0. The second-order valence-corrected chi connectivity index (χ2v) is 7.55. The van der Waals surface area contributed by atoms with Gasteiger partial charge in [0.05, 0.1) is 29.4 Å². The Labute approximate surface area is 176 Å². The Morgan fingerprint density at radius 3 is 2.50 bits per heavy atom. The summed E-state index contributed by atoms with van der Waals surface area (Å²) in [5, 5.41) is 5.53. The Kier molecular flexibility index (Phi) is 5.45. The van der Waals surface area contributed by atoms with Crippen LogP contribution < -0.4 is 22.0 Å². The molecule has 28 heavy (non-hydrogen) atoms. The summed E-state index contributed by atoms with van der Waals surface area (Å²) in [4.78, 5) is 2.25. The van der Waals surface area contributed by atoms with Crippen LogP contribution in [-0.4, -0.2) is 36.7 Å². The number of hydrazine groups is 1. The summed E-state index contributed by atoms with van der Waals surface area (Å²) in [5.41, 5.74) is 6.32. The van der Waals surface area contributed by atoms with Crippen molar-refractivity contribution in [2.75, 3.05) is 31.2 Å². The van der Waals surface area contributed by atoms with Crippen LogP contribution in [0.4, 0.5) is 5.69 Å². The number of halogens is 2. The second-order valence-electron chi connectivity index (χ2n) is 6.35. The van der Waals surface area contributed by atoms with Gasteiger partial charge in [-0.2, -0.15) is 5.10 Å². The Balaban J connectivity index is 2.15. The zero-order valence-electron chi connectivity index (χ0n) is 15.0. The maximum Gasteiger partial charge on any atom is 0.186 e. The minimum absolute atomic E-state index is 0.379. The maximum atomic E-state index is 6.46. The summed E-state index contributed by atoms with van der Waals surface area (Å²) in [5.74, 6) is 11.9. The molecule has 146 valence electrons. The van der Waals surface area contributed by atoms with Crippen molar-refractivity contribution in [1.29, 1.82) is 0 Å². The summed E-state index contributed by atoms with van der Waals surface area (Å²) in [7, 11) is 0. The van der Waals surface area contributed by atoms with Gasteiger partial charge in [0.25, 0.3) is 0 Å². The number of fused-ring (bicyclic) bond motifs is 1. The highest BCUT2D eigenvalue weighted by atomic mass is 79.9. The number of hydrazone groups is 1. The van der Waals surface area contributed by atoms with Gasteiger partial charge in [-0.25, -0.2) is 5.84 Å². The number of hydrogen-bond donors (Lipinski definition) is 3. The molecule has 2 heterocycles. The van der Waals surface area contributed by atoms with Gasteiger partial charge in [-0.3, -0.25) is 0 Å². The Morgan fingerprint density at radius 1 is 1.14 bits per heavy atom. The number of nitrogens with one attached hydrogen (secondary N) is 1. The molecule has 0 spiro atoms. The van der Waals surface area contributed by atoms with Crippen molar-refractivity contribution in [3.8, 4) is 5.69 Å². The van der Waals surface area contributed by atoms with Gasteiger partial charge in [-0.1, -0.05) is 29.8 Å². The van der Waals surface area contributed by atoms with E-state index < -0.39 is 0 Å². The fourth-order valence-electron chi connectivity index (χ4n) is 3.62. The third-order valence-corrected chi connectivity index (χ3v) is 6.20. The van der Waals surface area contributed by atoms with Crippen LogP contribution in [0.5, 0.6) is 0 Å². The largest absolute Gasteiger partial charge is 0.378 e. The summed E-state index contributed by atoms with van der Waals surface area (Å²) in [6.45, 7) is 2.76. The molecule has 2 aromatic carbocycles. The van der Waals surface area contributed by atoms with Gasteiger partial charge in [0.2, 0.25) is 0 Å². The van der Waals surface area contributed by atoms with Crippen LogP contribution in [0.3, 0.4) is 0 Å². The van der Waals surface area contributed by atoms with Crippen LogP contribution in [0, 0.1) is 0 Å². The smallest absolute Gasteiger partial charge is 0.186 e. The van der Waals surface area contributed by atoms with E-state index in [4.69, 9.17) is 28.0 Å². The predicted molar refractivity (Wildman–Crippen MR) is 117 cm³/mol. The van der Waals surface area contributed by atoms with Gasteiger partial charge in [0, 0.05) is 28.6 Å². The molecular formula is C19H20BrClN6O. The number of morpholine rings is 1. The number of rotatable bonds is 3. The summed E-state index contributed by atoms with van der Waals surface area (Å²) < 4.78 is 8.46. The minimum Gasteiger partial charge on any atom is -0.378 e. The molecule has 0 amide bonds. The monoisotopic (exact) mass is 462 g/mol. The lowest BCUT2D eigenvalue weighted by molar-refractivity contribution is 0.123. The zero-order valence-corrected chi connectivity index (χ0v) is 17.4. The molecule has 0 saturated carbocycles. The number of amidine groups is 1. The molecule has 1 aliphatic rings. The van der Waals surface area contributed by atoms with Crippen LogP contribution in [-0.2, 0) is 4.74 Å². The van der Waals surface area contributed by atoms with E-state index in [9.17, 15) is 0 Å². The lowest BCUT2D eigenvalue weighted by Gasteiger charge is -2.30. The highest BCUT2D eigenvalue weighted by molar-refractivity contribution is 9.10. The molecule has 1 aliphatic heterocycles. The number of ether oxygens (including phenoxy) is 1. The number of para-hydroxylation sites is 1. The molecule has 9 heteroatoms. The molecule has 1 saturated heterocycles. The van der Waals surface area contributed by atoms with Crippen LogP contribution in [0.25, 0.3) is 16.6 Å². The van der Waals surface area contributed by atoms with Crippen molar-refractivity contribution in [1.82, 2.24) is 9.99 Å². The molecule has 7 nitrogen and oxygen atoms in total. The Hall–Kier alpha value is -2.26. The molecule has 1 fully saturated rings. The third-order valence-electron chi connectivity index (χ3n) is 4.83. The summed E-state index contributed by atoms with van der Waals surface area (Å²) >= 11 is 10.1. The van der Waals surface area contributed by atoms with Crippen molar-refractivity contribution >= 4 is 50.0 Å². The van der Waals surface area contributed by atoms with Gasteiger partial charge in [-0.15, -0.1) is 0 Å². The lowest BCUT2D eigenvalue weighted by atomic mass is 10.2. The van der Waals surface area contributed by atoms with Gasteiger partial charge in [0.15, 0.2) is 5.84 Å². The fraction of sp³-hybridized carbons (Fsp3) is 0.211. The second kappa shape index (κ2) is 8.00. The molecule has 0 bridgehead atoms. The SMILES string of the molecule is N/N=C(\NN)c1c(N2CCOCC2)c2c(Br)c(Cl)ccc2n1-c1ccccc1. The first-order chi connectivity index (χ1) is 13.7. The summed E-state index contributed by atoms with van der Waals surface area (Å²) in [6, 6.07) is 13.9. The standard InChI is InChI=1S/C19H20BrClN6O/c20-16-13(21)6-7-14-15(16)17(26-8-10-28-11-9-26)18(19(24-22)25-23)27(14)12-4-2-1-3-5-12/h1-7H,8-11,22-23H2,(H,24,25). The molecule has 5 N–H and O–H groups in total. The zero-order chi connectivity index (χ0) is 19.7. The third kappa shape index (κ3) is 3.12. The average molecular weight is 464 g/mol. The van der Waals surface area contributed by atoms with E-state index in [-0.39, 0.29) is 0 Å². The highest BCUT2D eigenvalue weighted by Crippen LogP contribution is 2.43. The first-order valence-corrected chi connectivity index (χ1v) is 10.00. The van der Waals surface area contributed by atoms with E-state index in [0.29, 0.717) is 24.1 Å². The van der Waals surface area contributed by atoms with Crippen molar-refractivity contribution in [3.05, 3.63) is 57.7 Å². The van der Waals surface area contributed by atoms with E-state index in [0.717, 1.165) is 45.5 Å². The van der Waals surface area contributed by atoms with Crippen LogP contribution in [0.2, 0.25) is 5.02 Å². The van der Waals surface area contributed by atoms with Crippen molar-refractivity contribution < 1.29 is 4.74 Å². The quantitative estimate of drug-likeness (QED) is 0.240. The molecule has 0 atom stereocenters. The van der Waals surface area contributed by atoms with Gasteiger partial charge < -0.3 is 25.5 Å². The topological polar surface area (TPSA) is 93.8 Å². The molecule has 0 radical (unpaired) electrons. The van der Waals surface area contributed by atoms with Crippen LogP contribution in [0.15, 0.2) is 52.0 Å². The molecule has 1 aromatic heterocycles. The number of nitrogens with zero attached hydrogens (tertiary/aromatic N) is 3. The number of aromatic nitrogens is 1. The maximum absolute atomic E-state index is 6.46. The van der Waals surface area contributed by atoms with Crippen LogP contribution >= 0.6 is 27.5 Å².